The summed E-state index contributed by atoms with van der Waals surface area (Å²) in [5, 5.41) is 3.99. The Balaban J connectivity index is 1.80. The van der Waals surface area contributed by atoms with Crippen LogP contribution in [0.5, 0.6) is 0 Å². The third-order valence-electron chi connectivity index (χ3n) is 5.00. The van der Waals surface area contributed by atoms with Crippen LogP contribution in [-0.2, 0) is 6.42 Å². The van der Waals surface area contributed by atoms with Crippen LogP contribution in [0.15, 0.2) is 34.1 Å². The molecule has 1 aliphatic rings. The number of para-hydroxylation sites is 1. The van der Waals surface area contributed by atoms with E-state index < -0.39 is 0 Å². The Kier molecular flexibility index (Phi) is 4.76. The first-order chi connectivity index (χ1) is 12.7. The van der Waals surface area contributed by atoms with Crippen LogP contribution in [0.2, 0.25) is 0 Å². The molecular formula is C20H24N4OS. The lowest BCUT2D eigenvalue weighted by Crippen LogP contribution is -2.20. The Hall–Kier alpha value is -2.21. The number of benzene rings is 1. The van der Waals surface area contributed by atoms with Crippen molar-refractivity contribution in [1.29, 1.82) is 0 Å². The molecule has 0 saturated heterocycles. The van der Waals surface area contributed by atoms with Gasteiger partial charge in [0.1, 0.15) is 0 Å². The maximum absolute atomic E-state index is 13.2. The van der Waals surface area contributed by atoms with Gasteiger partial charge in [-0.1, -0.05) is 49.7 Å². The van der Waals surface area contributed by atoms with Crippen LogP contribution in [-0.4, -0.2) is 26.5 Å². The van der Waals surface area contributed by atoms with E-state index >= 15 is 0 Å². The van der Waals surface area contributed by atoms with Gasteiger partial charge in [0.15, 0.2) is 0 Å². The van der Waals surface area contributed by atoms with Gasteiger partial charge in [0.05, 0.1) is 21.8 Å². The van der Waals surface area contributed by atoms with Crippen molar-refractivity contribution in [3.05, 3.63) is 45.9 Å². The number of aliphatic imine (C=N–C) groups is 1. The molecule has 1 aromatic carbocycles. The van der Waals surface area contributed by atoms with Gasteiger partial charge in [-0.15, -0.1) is 0 Å². The minimum absolute atomic E-state index is 0.0354. The van der Waals surface area contributed by atoms with Crippen molar-refractivity contribution in [3.63, 3.8) is 0 Å². The van der Waals surface area contributed by atoms with Gasteiger partial charge in [0.2, 0.25) is 5.13 Å². The molecule has 3 aromatic rings. The number of fused-ring (bicyclic) bond motifs is 1. The minimum Gasteiger partial charge on any atom is -0.292 e. The summed E-state index contributed by atoms with van der Waals surface area (Å²) >= 11 is 1.53. The smallest absolute Gasteiger partial charge is 0.282 e. The zero-order valence-electron chi connectivity index (χ0n) is 15.3. The second-order valence-corrected chi connectivity index (χ2v) is 7.98. The monoisotopic (exact) mass is 368 g/mol. The molecule has 1 N–H and O–H groups in total. The number of rotatable bonds is 5. The molecule has 0 amide bonds. The summed E-state index contributed by atoms with van der Waals surface area (Å²) in [6, 6.07) is 8.34. The van der Waals surface area contributed by atoms with E-state index in [0.717, 1.165) is 52.9 Å². The zero-order chi connectivity index (χ0) is 18.1. The normalized spacial score (nSPS) is 16.0. The van der Waals surface area contributed by atoms with Gasteiger partial charge in [-0.3, -0.25) is 14.9 Å². The first-order valence-corrected chi connectivity index (χ1v) is 10.2. The quantitative estimate of drug-likeness (QED) is 0.675. The Morgan fingerprint density at radius 1 is 1.35 bits per heavy atom. The van der Waals surface area contributed by atoms with E-state index in [0.29, 0.717) is 11.2 Å². The number of aromatic nitrogens is 3. The lowest BCUT2D eigenvalue weighted by atomic mass is 10.1. The van der Waals surface area contributed by atoms with E-state index in [2.05, 4.69) is 17.0 Å². The third-order valence-corrected chi connectivity index (χ3v) is 6.02. The van der Waals surface area contributed by atoms with Gasteiger partial charge >= 0.3 is 0 Å². The summed E-state index contributed by atoms with van der Waals surface area (Å²) in [6.07, 6.45) is 6.57. The fourth-order valence-electron chi connectivity index (χ4n) is 3.75. The third kappa shape index (κ3) is 3.14. The van der Waals surface area contributed by atoms with Crippen molar-refractivity contribution in [2.24, 2.45) is 4.99 Å². The van der Waals surface area contributed by atoms with Crippen molar-refractivity contribution >= 4 is 27.3 Å². The highest BCUT2D eigenvalue weighted by Gasteiger charge is 2.21. The maximum Gasteiger partial charge on any atom is 0.282 e. The van der Waals surface area contributed by atoms with Crippen molar-refractivity contribution in [2.45, 2.75) is 58.4 Å². The Morgan fingerprint density at radius 2 is 2.12 bits per heavy atom. The topological polar surface area (TPSA) is 63.0 Å². The molecule has 0 bridgehead atoms. The molecule has 6 heteroatoms. The fourth-order valence-corrected chi connectivity index (χ4v) is 4.67. The summed E-state index contributed by atoms with van der Waals surface area (Å²) in [4.78, 5) is 22.7. The second-order valence-electron chi connectivity index (χ2n) is 6.97. The molecule has 0 spiro atoms. The molecule has 2 heterocycles. The highest BCUT2D eigenvalue weighted by atomic mass is 32.1. The van der Waals surface area contributed by atoms with Gasteiger partial charge in [0.25, 0.3) is 5.56 Å². The molecule has 5 nitrogen and oxygen atoms in total. The van der Waals surface area contributed by atoms with E-state index in [1.54, 1.807) is 4.68 Å². The van der Waals surface area contributed by atoms with Gasteiger partial charge in [0, 0.05) is 11.4 Å². The first-order valence-electron chi connectivity index (χ1n) is 9.42. The summed E-state index contributed by atoms with van der Waals surface area (Å²) in [5.74, 6) is 0. The van der Waals surface area contributed by atoms with E-state index in [4.69, 9.17) is 4.99 Å². The Bertz CT molecular complexity index is 971. The maximum atomic E-state index is 13.2. The molecule has 1 fully saturated rings. The van der Waals surface area contributed by atoms with E-state index in [1.165, 1.54) is 24.2 Å². The number of hydrogen-bond donors (Lipinski definition) is 1. The van der Waals surface area contributed by atoms with Crippen molar-refractivity contribution < 1.29 is 0 Å². The number of thiazole rings is 1. The molecule has 0 aliphatic heterocycles. The molecular weight excluding hydrogens is 344 g/mol. The summed E-state index contributed by atoms with van der Waals surface area (Å²) in [5.41, 5.74) is 3.45. The summed E-state index contributed by atoms with van der Waals surface area (Å²) in [7, 11) is 0. The van der Waals surface area contributed by atoms with Crippen molar-refractivity contribution in [2.75, 3.05) is 0 Å². The number of nitrogens with one attached hydrogen (secondary N) is 1. The summed E-state index contributed by atoms with van der Waals surface area (Å²) in [6.45, 7) is 4.10. The average Bonchev–Trinajstić information content (AvgIpc) is 3.33. The Labute approximate surface area is 156 Å². The number of H-pyrrole nitrogens is 1. The van der Waals surface area contributed by atoms with Crippen LogP contribution in [0.1, 0.15) is 57.2 Å². The first kappa shape index (κ1) is 17.2. The molecule has 0 unspecified atom stereocenters. The van der Waals surface area contributed by atoms with Crippen LogP contribution in [0.3, 0.4) is 0 Å². The second kappa shape index (κ2) is 7.19. The van der Waals surface area contributed by atoms with Crippen LogP contribution >= 0.6 is 11.3 Å². The largest absolute Gasteiger partial charge is 0.292 e. The van der Waals surface area contributed by atoms with E-state index in [9.17, 15) is 4.79 Å². The van der Waals surface area contributed by atoms with Gasteiger partial charge in [-0.2, -0.15) is 4.68 Å². The standard InChI is InChI=1S/C20H24N4OS/c1-3-8-16-18(13(2)21-14-9-4-5-10-14)19(25)24(23-16)20-22-15-11-6-7-12-17(15)26-20/h6-7,11-12,14,23H,3-5,8-10H2,1-2H3. The van der Waals surface area contributed by atoms with Gasteiger partial charge in [-0.05, 0) is 38.3 Å². The number of aryl methyl sites for hydroxylation is 1. The van der Waals surface area contributed by atoms with Gasteiger partial charge in [-0.25, -0.2) is 4.98 Å². The fraction of sp³-hybridized carbons (Fsp3) is 0.450. The van der Waals surface area contributed by atoms with E-state index in [-0.39, 0.29) is 5.56 Å². The predicted octanol–water partition coefficient (Wildman–Crippen LogP) is 4.48. The molecule has 2 aromatic heterocycles. The van der Waals surface area contributed by atoms with Gasteiger partial charge < -0.3 is 0 Å². The van der Waals surface area contributed by atoms with Crippen LogP contribution in [0.4, 0.5) is 0 Å². The lowest BCUT2D eigenvalue weighted by molar-refractivity contribution is 0.706. The molecule has 136 valence electrons. The van der Waals surface area contributed by atoms with Crippen LogP contribution < -0.4 is 5.56 Å². The van der Waals surface area contributed by atoms with Crippen LogP contribution in [0.25, 0.3) is 15.3 Å². The summed E-state index contributed by atoms with van der Waals surface area (Å²) < 4.78 is 2.68. The highest BCUT2D eigenvalue weighted by molar-refractivity contribution is 7.20. The molecule has 0 radical (unpaired) electrons. The number of aromatic amines is 1. The zero-order valence-corrected chi connectivity index (χ0v) is 16.1. The molecule has 0 atom stereocenters. The predicted molar refractivity (Wildman–Crippen MR) is 108 cm³/mol. The van der Waals surface area contributed by atoms with Crippen molar-refractivity contribution in [1.82, 2.24) is 14.8 Å². The Morgan fingerprint density at radius 3 is 2.85 bits per heavy atom. The number of hydrogen-bond acceptors (Lipinski definition) is 4. The molecule has 1 saturated carbocycles. The lowest BCUT2D eigenvalue weighted by Gasteiger charge is -2.05. The molecule has 4 rings (SSSR count). The minimum atomic E-state index is -0.0354. The average molecular weight is 369 g/mol. The van der Waals surface area contributed by atoms with Crippen LogP contribution in [0, 0.1) is 0 Å². The SMILES string of the molecule is CCCc1[nH]n(-c2nc3ccccc3s2)c(=O)c1C(C)=NC1CCCC1. The van der Waals surface area contributed by atoms with E-state index in [1.807, 2.05) is 31.2 Å². The highest BCUT2D eigenvalue weighted by Crippen LogP contribution is 2.25. The van der Waals surface area contributed by atoms with Crippen molar-refractivity contribution in [3.8, 4) is 5.13 Å². The molecule has 26 heavy (non-hydrogen) atoms. The molecule has 1 aliphatic carbocycles. The number of nitrogens with zero attached hydrogens (tertiary/aromatic N) is 3.